The van der Waals surface area contributed by atoms with Crippen LogP contribution in [-0.2, 0) is 0 Å². The molecule has 0 N–H and O–H groups in total. The minimum absolute atomic E-state index is 0.580. The van der Waals surface area contributed by atoms with Gasteiger partial charge in [0.2, 0.25) is 0 Å². The molecule has 2 aromatic heterocycles. The number of rotatable bonds is 7. The first-order valence-corrected chi connectivity index (χ1v) is 19.0. The summed E-state index contributed by atoms with van der Waals surface area (Å²) in [6.07, 6.45) is 3.63. The van der Waals surface area contributed by atoms with E-state index in [0.29, 0.717) is 28.9 Å². The van der Waals surface area contributed by atoms with Gasteiger partial charge >= 0.3 is 0 Å². The Labute approximate surface area is 335 Å². The van der Waals surface area contributed by atoms with Crippen LogP contribution in [0.1, 0.15) is 5.56 Å². The van der Waals surface area contributed by atoms with Crippen molar-refractivity contribution < 1.29 is 0 Å². The van der Waals surface area contributed by atoms with Gasteiger partial charge in [0.1, 0.15) is 0 Å². The molecular weight excluding hydrogens is 709 g/mol. The number of benzene rings is 8. The van der Waals surface area contributed by atoms with Gasteiger partial charge in [-0.3, -0.25) is 0 Å². The van der Waals surface area contributed by atoms with E-state index in [1.54, 1.807) is 12.1 Å². The van der Waals surface area contributed by atoms with Crippen molar-refractivity contribution in [2.75, 3.05) is 0 Å². The summed E-state index contributed by atoms with van der Waals surface area (Å²) >= 11 is 0. The van der Waals surface area contributed by atoms with E-state index in [1.165, 1.54) is 21.5 Å². The third-order valence-electron chi connectivity index (χ3n) is 10.5. The maximum atomic E-state index is 9.13. The molecule has 0 atom stereocenters. The molecule has 0 aliphatic carbocycles. The molecule has 0 bridgehead atoms. The Morgan fingerprint density at radius 2 is 0.621 bits per heavy atom. The fraction of sp³-hybridized carbons (Fsp3) is 0. The Balaban J connectivity index is 0.985. The summed E-state index contributed by atoms with van der Waals surface area (Å²) in [5.74, 6) is 2.38. The van der Waals surface area contributed by atoms with E-state index in [1.807, 2.05) is 48.8 Å². The highest BCUT2D eigenvalue weighted by molar-refractivity contribution is 5.89. The largest absolute Gasteiger partial charge is 0.236 e. The molecule has 0 fully saturated rings. The van der Waals surface area contributed by atoms with Crippen LogP contribution >= 0.6 is 0 Å². The van der Waals surface area contributed by atoms with Gasteiger partial charge in [-0.25, -0.2) is 24.9 Å². The molecule has 0 radical (unpaired) electrons. The monoisotopic (exact) mass is 740 g/mol. The maximum absolute atomic E-state index is 9.13. The van der Waals surface area contributed by atoms with E-state index in [0.717, 1.165) is 55.6 Å². The van der Waals surface area contributed by atoms with Crippen LogP contribution in [0.2, 0.25) is 0 Å². The molecule has 6 nitrogen and oxygen atoms in total. The third kappa shape index (κ3) is 6.85. The van der Waals surface area contributed by atoms with Crippen LogP contribution in [0.15, 0.2) is 194 Å². The Hall–Kier alpha value is -8.14. The normalized spacial score (nSPS) is 11.1. The van der Waals surface area contributed by atoms with Crippen LogP contribution < -0.4 is 0 Å². The smallest absolute Gasteiger partial charge is 0.164 e. The number of aromatic nitrogens is 5. The van der Waals surface area contributed by atoms with Crippen molar-refractivity contribution in [2.45, 2.75) is 0 Å². The molecule has 270 valence electrons. The van der Waals surface area contributed by atoms with Gasteiger partial charge in [-0.1, -0.05) is 146 Å². The lowest BCUT2D eigenvalue weighted by molar-refractivity contribution is 1.07. The second kappa shape index (κ2) is 14.8. The maximum Gasteiger partial charge on any atom is 0.164 e. The van der Waals surface area contributed by atoms with Gasteiger partial charge in [0, 0.05) is 40.2 Å². The predicted molar refractivity (Wildman–Crippen MR) is 233 cm³/mol. The van der Waals surface area contributed by atoms with Crippen molar-refractivity contribution in [2.24, 2.45) is 0 Å². The molecule has 0 unspecified atom stereocenters. The van der Waals surface area contributed by atoms with Crippen molar-refractivity contribution in [3.05, 3.63) is 200 Å². The van der Waals surface area contributed by atoms with Gasteiger partial charge in [-0.2, -0.15) is 5.26 Å². The predicted octanol–water partition coefficient (Wildman–Crippen LogP) is 12.5. The summed E-state index contributed by atoms with van der Waals surface area (Å²) in [6, 6.07) is 64.3. The average molecular weight is 741 g/mol. The zero-order chi connectivity index (χ0) is 38.8. The van der Waals surface area contributed by atoms with Gasteiger partial charge in [0.05, 0.1) is 11.6 Å². The second-order valence-corrected chi connectivity index (χ2v) is 14.1. The number of hydrogen-bond donors (Lipinski definition) is 0. The van der Waals surface area contributed by atoms with E-state index in [-0.39, 0.29) is 0 Å². The highest BCUT2D eigenvalue weighted by atomic mass is 15.0. The number of nitrogens with zero attached hydrogens (tertiary/aromatic N) is 6. The van der Waals surface area contributed by atoms with Gasteiger partial charge in [0.15, 0.2) is 23.3 Å². The van der Waals surface area contributed by atoms with Crippen LogP contribution in [0.4, 0.5) is 0 Å². The highest BCUT2D eigenvalue weighted by Crippen LogP contribution is 2.32. The zero-order valence-corrected chi connectivity index (χ0v) is 31.2. The van der Waals surface area contributed by atoms with E-state index < -0.39 is 0 Å². The second-order valence-electron chi connectivity index (χ2n) is 14.1. The topological polar surface area (TPSA) is 88.2 Å². The third-order valence-corrected chi connectivity index (χ3v) is 10.5. The molecule has 0 spiro atoms. The van der Waals surface area contributed by atoms with Gasteiger partial charge in [-0.05, 0) is 85.8 Å². The number of hydrogen-bond acceptors (Lipinski definition) is 6. The molecule has 0 saturated carbocycles. The lowest BCUT2D eigenvalue weighted by Crippen LogP contribution is -2.00. The standard InChI is InChI=1S/C52H32N6/c53-31-34-9-11-40(12-10-34)49-54-32-48(33-55-49)39-17-25-43(26-18-39)52-57-50(41-21-13-37(14-22-41)46-27-19-35-5-1-3-7-44(35)29-46)56-51(58-52)42-23-15-38(16-24-42)47-28-20-36-6-2-4-8-45(36)30-47/h1-30,32-33H. The highest BCUT2D eigenvalue weighted by Gasteiger charge is 2.14. The summed E-state index contributed by atoms with van der Waals surface area (Å²) in [4.78, 5) is 24.3. The molecule has 0 amide bonds. The molecular formula is C52H32N6. The molecule has 6 heteroatoms. The SMILES string of the molecule is N#Cc1ccc(-c2ncc(-c3ccc(-c4nc(-c5ccc(-c6ccc7ccccc7c6)cc5)nc(-c5ccc(-c6ccc7ccccc7c6)cc5)n4)cc3)cn2)cc1. The summed E-state index contributed by atoms with van der Waals surface area (Å²) < 4.78 is 0. The quantitative estimate of drug-likeness (QED) is 0.162. The fourth-order valence-corrected chi connectivity index (χ4v) is 7.26. The van der Waals surface area contributed by atoms with Gasteiger partial charge in [-0.15, -0.1) is 0 Å². The van der Waals surface area contributed by atoms with E-state index in [4.69, 9.17) is 20.2 Å². The van der Waals surface area contributed by atoms with Gasteiger partial charge in [0.25, 0.3) is 0 Å². The van der Waals surface area contributed by atoms with Crippen LogP contribution in [0.3, 0.4) is 0 Å². The van der Waals surface area contributed by atoms with Crippen LogP contribution in [0, 0.1) is 11.3 Å². The van der Waals surface area contributed by atoms with Crippen molar-refractivity contribution in [3.63, 3.8) is 0 Å². The fourth-order valence-electron chi connectivity index (χ4n) is 7.26. The van der Waals surface area contributed by atoms with E-state index in [9.17, 15) is 0 Å². The van der Waals surface area contributed by atoms with Crippen molar-refractivity contribution in [1.29, 1.82) is 5.26 Å². The van der Waals surface area contributed by atoms with Crippen LogP contribution in [-0.4, -0.2) is 24.9 Å². The molecule has 58 heavy (non-hydrogen) atoms. The molecule has 10 aromatic rings. The zero-order valence-electron chi connectivity index (χ0n) is 31.2. The summed E-state index contributed by atoms with van der Waals surface area (Å²) in [7, 11) is 0. The Bertz CT molecular complexity index is 2990. The Morgan fingerprint density at radius 3 is 1.03 bits per heavy atom. The molecule has 0 aliphatic rings. The molecule has 2 heterocycles. The van der Waals surface area contributed by atoms with Crippen LogP contribution in [0.5, 0.6) is 0 Å². The first-order valence-electron chi connectivity index (χ1n) is 19.0. The molecule has 0 aliphatic heterocycles. The summed E-state index contributed by atoms with van der Waals surface area (Å²) in [5.41, 5.74) is 10.5. The lowest BCUT2D eigenvalue weighted by atomic mass is 10.00. The lowest BCUT2D eigenvalue weighted by Gasteiger charge is -2.11. The molecule has 10 rings (SSSR count). The van der Waals surface area contributed by atoms with Crippen molar-refractivity contribution in [1.82, 2.24) is 24.9 Å². The van der Waals surface area contributed by atoms with Crippen molar-refractivity contribution in [3.8, 4) is 85.0 Å². The van der Waals surface area contributed by atoms with E-state index >= 15 is 0 Å². The summed E-state index contributed by atoms with van der Waals surface area (Å²) in [6.45, 7) is 0. The molecule has 0 saturated heterocycles. The average Bonchev–Trinajstić information content (AvgIpc) is 3.31. The Kier molecular flexibility index (Phi) is 8.79. The van der Waals surface area contributed by atoms with Gasteiger partial charge < -0.3 is 0 Å². The van der Waals surface area contributed by atoms with E-state index in [2.05, 4.69) is 149 Å². The van der Waals surface area contributed by atoms with Crippen molar-refractivity contribution >= 4 is 21.5 Å². The number of nitriles is 1. The Morgan fingerprint density at radius 1 is 0.293 bits per heavy atom. The number of fused-ring (bicyclic) bond motifs is 2. The minimum Gasteiger partial charge on any atom is -0.236 e. The molecule has 8 aromatic carbocycles. The van der Waals surface area contributed by atoms with Crippen LogP contribution in [0.25, 0.3) is 100 Å². The minimum atomic E-state index is 0.580. The first kappa shape index (κ1) is 34.4. The summed E-state index contributed by atoms with van der Waals surface area (Å²) in [5, 5.41) is 14.0. The first-order chi connectivity index (χ1) is 28.6.